The number of halogens is 1. The van der Waals surface area contributed by atoms with Gasteiger partial charge in [0.2, 0.25) is 11.8 Å². The lowest BCUT2D eigenvalue weighted by molar-refractivity contribution is -0.117. The minimum Gasteiger partial charge on any atom is -0.490 e. The zero-order valence-corrected chi connectivity index (χ0v) is 22.3. The van der Waals surface area contributed by atoms with Crippen molar-refractivity contribution in [2.24, 2.45) is 0 Å². The van der Waals surface area contributed by atoms with E-state index >= 15 is 0 Å². The third-order valence-electron chi connectivity index (χ3n) is 6.52. The molecule has 7 nitrogen and oxygen atoms in total. The molecule has 3 aromatic carbocycles. The van der Waals surface area contributed by atoms with Crippen molar-refractivity contribution >= 4 is 40.7 Å². The number of ether oxygens (including phenoxy) is 1. The van der Waals surface area contributed by atoms with Crippen LogP contribution < -0.4 is 15.4 Å². The van der Waals surface area contributed by atoms with Crippen LogP contribution in [0.25, 0.3) is 0 Å². The largest absolute Gasteiger partial charge is 0.490 e. The molecular weight excluding hydrogens is 502 g/mol. The minimum absolute atomic E-state index is 0.103. The Morgan fingerprint density at radius 1 is 0.947 bits per heavy atom. The van der Waals surface area contributed by atoms with Crippen molar-refractivity contribution in [3.05, 3.63) is 88.9 Å². The molecule has 0 saturated carbocycles. The fourth-order valence-corrected chi connectivity index (χ4v) is 4.84. The molecular formula is C30H32ClN3O4. The standard InChI is InChI=1S/C30H32ClN3O4/c1-20(38-26-6-4-3-5-7-26)18-29(36)33-24-10-8-22(9-11-24)23-14-16-34(17-15-23)30(37)27-19-25(32-21(2)35)12-13-28(27)31/h3-13,19-20,23H,14-18H2,1-2H3,(H,32,35)(H,33,36). The van der Waals surface area contributed by atoms with Gasteiger partial charge in [-0.1, -0.05) is 41.9 Å². The number of hydrogen-bond acceptors (Lipinski definition) is 4. The summed E-state index contributed by atoms with van der Waals surface area (Å²) in [5.74, 6) is 0.623. The summed E-state index contributed by atoms with van der Waals surface area (Å²) < 4.78 is 5.79. The summed E-state index contributed by atoms with van der Waals surface area (Å²) in [7, 11) is 0. The zero-order chi connectivity index (χ0) is 27.1. The first-order chi connectivity index (χ1) is 18.3. The first-order valence-electron chi connectivity index (χ1n) is 12.8. The summed E-state index contributed by atoms with van der Waals surface area (Å²) in [5.41, 5.74) is 2.86. The monoisotopic (exact) mass is 533 g/mol. The number of anilines is 2. The third kappa shape index (κ3) is 7.35. The Balaban J connectivity index is 1.27. The Morgan fingerprint density at radius 2 is 1.61 bits per heavy atom. The SMILES string of the molecule is CC(=O)Nc1ccc(Cl)c(C(=O)N2CCC(c3ccc(NC(=O)CC(C)Oc4ccccc4)cc3)CC2)c1. The van der Waals surface area contributed by atoms with Crippen LogP contribution in [0.3, 0.4) is 0 Å². The van der Waals surface area contributed by atoms with Crippen LogP contribution in [0.1, 0.15) is 54.9 Å². The Morgan fingerprint density at radius 3 is 2.26 bits per heavy atom. The van der Waals surface area contributed by atoms with Gasteiger partial charge in [0, 0.05) is 31.4 Å². The van der Waals surface area contributed by atoms with Crippen molar-refractivity contribution in [2.45, 2.75) is 45.1 Å². The van der Waals surface area contributed by atoms with Gasteiger partial charge in [0.15, 0.2) is 0 Å². The van der Waals surface area contributed by atoms with E-state index in [2.05, 4.69) is 10.6 Å². The molecule has 198 valence electrons. The molecule has 0 spiro atoms. The maximum absolute atomic E-state index is 13.1. The maximum Gasteiger partial charge on any atom is 0.255 e. The maximum atomic E-state index is 13.1. The van der Waals surface area contributed by atoms with Crippen LogP contribution in [0, 0.1) is 0 Å². The van der Waals surface area contributed by atoms with E-state index in [1.807, 2.05) is 66.4 Å². The number of nitrogens with zero attached hydrogens (tertiary/aromatic N) is 1. The summed E-state index contributed by atoms with van der Waals surface area (Å²) in [6.07, 6.45) is 1.66. The van der Waals surface area contributed by atoms with Crippen molar-refractivity contribution in [1.82, 2.24) is 4.90 Å². The molecule has 4 rings (SSSR count). The number of para-hydroxylation sites is 1. The summed E-state index contributed by atoms with van der Waals surface area (Å²) in [4.78, 5) is 38.7. The number of carbonyl (C=O) groups is 3. The van der Waals surface area contributed by atoms with Gasteiger partial charge in [-0.2, -0.15) is 0 Å². The Labute approximate surface area is 228 Å². The molecule has 8 heteroatoms. The van der Waals surface area contributed by atoms with Crippen LogP contribution >= 0.6 is 11.6 Å². The quantitative estimate of drug-likeness (QED) is 0.365. The van der Waals surface area contributed by atoms with Crippen LogP contribution in [-0.2, 0) is 9.59 Å². The molecule has 0 bridgehead atoms. The lowest BCUT2D eigenvalue weighted by atomic mass is 9.89. The number of likely N-dealkylation sites (tertiary alicyclic amines) is 1. The van der Waals surface area contributed by atoms with Crippen molar-refractivity contribution in [1.29, 1.82) is 0 Å². The van der Waals surface area contributed by atoms with Crippen LogP contribution in [0.4, 0.5) is 11.4 Å². The fraction of sp³-hybridized carbons (Fsp3) is 0.300. The Hall–Kier alpha value is -3.84. The average Bonchev–Trinajstić information content (AvgIpc) is 2.90. The molecule has 38 heavy (non-hydrogen) atoms. The van der Waals surface area contributed by atoms with Crippen LogP contribution in [0.5, 0.6) is 5.75 Å². The highest BCUT2D eigenvalue weighted by atomic mass is 35.5. The molecule has 1 aliphatic rings. The minimum atomic E-state index is -0.243. The van der Waals surface area contributed by atoms with Crippen molar-refractivity contribution in [2.75, 3.05) is 23.7 Å². The number of nitrogens with one attached hydrogen (secondary N) is 2. The molecule has 0 aliphatic carbocycles. The highest BCUT2D eigenvalue weighted by Crippen LogP contribution is 2.31. The van der Waals surface area contributed by atoms with Crippen LogP contribution in [0.15, 0.2) is 72.8 Å². The first kappa shape index (κ1) is 27.2. The van der Waals surface area contributed by atoms with Gasteiger partial charge in [0.25, 0.3) is 5.91 Å². The number of amides is 3. The van der Waals surface area contributed by atoms with Crippen molar-refractivity contribution < 1.29 is 19.1 Å². The van der Waals surface area contributed by atoms with Gasteiger partial charge in [-0.15, -0.1) is 0 Å². The molecule has 3 amide bonds. The normalized spacial score (nSPS) is 14.4. The fourth-order valence-electron chi connectivity index (χ4n) is 4.64. The first-order valence-corrected chi connectivity index (χ1v) is 13.1. The van der Waals surface area contributed by atoms with Gasteiger partial charge in [-0.25, -0.2) is 0 Å². The molecule has 1 unspecified atom stereocenters. The highest BCUT2D eigenvalue weighted by Gasteiger charge is 2.26. The summed E-state index contributed by atoms with van der Waals surface area (Å²) in [6.45, 7) is 4.52. The number of benzene rings is 3. The van der Waals surface area contributed by atoms with Gasteiger partial charge in [0.1, 0.15) is 11.9 Å². The number of piperidine rings is 1. The van der Waals surface area contributed by atoms with Gasteiger partial charge >= 0.3 is 0 Å². The second kappa shape index (κ2) is 12.6. The average molecular weight is 534 g/mol. The van der Waals surface area contributed by atoms with Gasteiger partial charge < -0.3 is 20.3 Å². The Kier molecular flexibility index (Phi) is 9.02. The van der Waals surface area contributed by atoms with Gasteiger partial charge in [-0.3, -0.25) is 14.4 Å². The number of hydrogen-bond donors (Lipinski definition) is 2. The predicted molar refractivity (Wildman–Crippen MR) is 150 cm³/mol. The van der Waals surface area contributed by atoms with E-state index in [-0.39, 0.29) is 30.2 Å². The second-order valence-electron chi connectivity index (χ2n) is 9.56. The highest BCUT2D eigenvalue weighted by molar-refractivity contribution is 6.34. The Bertz CT molecular complexity index is 1270. The lowest BCUT2D eigenvalue weighted by Gasteiger charge is -2.32. The number of rotatable bonds is 8. The zero-order valence-electron chi connectivity index (χ0n) is 21.6. The molecule has 1 saturated heterocycles. The number of carbonyl (C=O) groups excluding carboxylic acids is 3. The van der Waals surface area contributed by atoms with Crippen LogP contribution in [-0.4, -0.2) is 41.8 Å². The van der Waals surface area contributed by atoms with Crippen molar-refractivity contribution in [3.8, 4) is 5.75 Å². The molecule has 0 radical (unpaired) electrons. The molecule has 1 heterocycles. The lowest BCUT2D eigenvalue weighted by Crippen LogP contribution is -2.38. The van der Waals surface area contributed by atoms with E-state index in [0.29, 0.717) is 35.3 Å². The smallest absolute Gasteiger partial charge is 0.255 e. The van der Waals surface area contributed by atoms with E-state index in [1.54, 1.807) is 18.2 Å². The van der Waals surface area contributed by atoms with E-state index in [0.717, 1.165) is 24.3 Å². The third-order valence-corrected chi connectivity index (χ3v) is 6.85. The topological polar surface area (TPSA) is 87.7 Å². The molecule has 3 aromatic rings. The molecule has 0 aromatic heterocycles. The predicted octanol–water partition coefficient (Wildman–Crippen LogP) is 6.11. The van der Waals surface area contributed by atoms with Gasteiger partial charge in [-0.05, 0) is 73.7 Å². The van der Waals surface area contributed by atoms with Crippen LogP contribution in [0.2, 0.25) is 5.02 Å². The summed E-state index contributed by atoms with van der Waals surface area (Å²) >= 11 is 6.29. The van der Waals surface area contributed by atoms with E-state index < -0.39 is 0 Å². The molecule has 1 fully saturated rings. The van der Waals surface area contributed by atoms with Gasteiger partial charge in [0.05, 0.1) is 17.0 Å². The summed E-state index contributed by atoms with van der Waals surface area (Å²) in [5, 5.41) is 6.00. The molecule has 1 aliphatic heterocycles. The van der Waals surface area contributed by atoms with E-state index in [9.17, 15) is 14.4 Å². The van der Waals surface area contributed by atoms with E-state index in [1.165, 1.54) is 12.5 Å². The summed E-state index contributed by atoms with van der Waals surface area (Å²) in [6, 6.07) is 22.3. The van der Waals surface area contributed by atoms with E-state index in [4.69, 9.17) is 16.3 Å². The molecule has 2 N–H and O–H groups in total. The second-order valence-corrected chi connectivity index (χ2v) is 9.97. The molecule has 1 atom stereocenters. The van der Waals surface area contributed by atoms with Crippen molar-refractivity contribution in [3.63, 3.8) is 0 Å².